The molecule has 0 saturated carbocycles. The standard InChI is InChI=1S/C25H21NO4/c1-3-29-22-11-7-6-10-20(22)24-15-21(27)19-13-12-17(14-23(19)30-24)26-25(28)18-9-5-4-8-16(18)2/h4-15H,3H2,1-2H3,(H,26,28). The molecule has 5 heteroatoms. The Kier molecular flexibility index (Phi) is 5.35. The largest absolute Gasteiger partial charge is 0.493 e. The van der Waals surface area contributed by atoms with Gasteiger partial charge in [0.1, 0.15) is 17.1 Å². The molecule has 5 nitrogen and oxygen atoms in total. The number of ether oxygens (including phenoxy) is 1. The first-order valence-electron chi connectivity index (χ1n) is 9.74. The summed E-state index contributed by atoms with van der Waals surface area (Å²) in [5, 5.41) is 3.32. The molecule has 0 aliphatic rings. The average Bonchev–Trinajstić information content (AvgIpc) is 2.74. The molecule has 3 aromatic carbocycles. The summed E-state index contributed by atoms with van der Waals surface area (Å²) in [4.78, 5) is 25.3. The molecule has 30 heavy (non-hydrogen) atoms. The van der Waals surface area contributed by atoms with E-state index in [1.807, 2.05) is 56.3 Å². The SMILES string of the molecule is CCOc1ccccc1-c1cc(=O)c2ccc(NC(=O)c3ccccc3C)cc2o1. The highest BCUT2D eigenvalue weighted by atomic mass is 16.5. The number of fused-ring (bicyclic) bond motifs is 1. The number of nitrogens with one attached hydrogen (secondary N) is 1. The number of rotatable bonds is 5. The zero-order valence-electron chi connectivity index (χ0n) is 16.8. The van der Waals surface area contributed by atoms with Gasteiger partial charge in [-0.1, -0.05) is 30.3 Å². The fraction of sp³-hybridized carbons (Fsp3) is 0.120. The van der Waals surface area contributed by atoms with E-state index in [-0.39, 0.29) is 11.3 Å². The number of carbonyl (C=O) groups is 1. The number of carbonyl (C=O) groups excluding carboxylic acids is 1. The van der Waals surface area contributed by atoms with Crippen molar-refractivity contribution in [2.75, 3.05) is 11.9 Å². The van der Waals surface area contributed by atoms with Gasteiger partial charge in [0, 0.05) is 23.4 Å². The van der Waals surface area contributed by atoms with Crippen LogP contribution in [-0.4, -0.2) is 12.5 Å². The molecule has 0 spiro atoms. The van der Waals surface area contributed by atoms with Gasteiger partial charge in [0.15, 0.2) is 5.43 Å². The molecule has 4 rings (SSSR count). The van der Waals surface area contributed by atoms with Crippen LogP contribution in [0.4, 0.5) is 5.69 Å². The lowest BCUT2D eigenvalue weighted by molar-refractivity contribution is 0.102. The zero-order valence-corrected chi connectivity index (χ0v) is 16.8. The highest BCUT2D eigenvalue weighted by Gasteiger charge is 2.13. The number of para-hydroxylation sites is 1. The van der Waals surface area contributed by atoms with Crippen LogP contribution in [-0.2, 0) is 0 Å². The Morgan fingerprint density at radius 3 is 2.57 bits per heavy atom. The molecule has 150 valence electrons. The molecule has 1 aromatic heterocycles. The minimum absolute atomic E-state index is 0.158. The van der Waals surface area contributed by atoms with E-state index >= 15 is 0 Å². The Hall–Kier alpha value is -3.86. The fourth-order valence-corrected chi connectivity index (χ4v) is 3.34. The van der Waals surface area contributed by atoms with Crippen molar-refractivity contribution in [3.8, 4) is 17.1 Å². The van der Waals surface area contributed by atoms with Crippen LogP contribution in [0.2, 0.25) is 0 Å². The van der Waals surface area contributed by atoms with Crippen molar-refractivity contribution in [3.63, 3.8) is 0 Å². The zero-order chi connectivity index (χ0) is 21.1. The minimum Gasteiger partial charge on any atom is -0.493 e. The van der Waals surface area contributed by atoms with Gasteiger partial charge in [0.25, 0.3) is 5.91 Å². The van der Waals surface area contributed by atoms with Crippen LogP contribution >= 0.6 is 0 Å². The molecule has 1 N–H and O–H groups in total. The van der Waals surface area contributed by atoms with E-state index in [0.29, 0.717) is 45.9 Å². The van der Waals surface area contributed by atoms with Gasteiger partial charge in [0.2, 0.25) is 0 Å². The summed E-state index contributed by atoms with van der Waals surface area (Å²) < 4.78 is 11.7. The van der Waals surface area contributed by atoms with Gasteiger partial charge in [-0.15, -0.1) is 0 Å². The van der Waals surface area contributed by atoms with Gasteiger partial charge in [-0.05, 0) is 49.7 Å². The van der Waals surface area contributed by atoms with Gasteiger partial charge >= 0.3 is 0 Å². The van der Waals surface area contributed by atoms with Gasteiger partial charge in [-0.25, -0.2) is 0 Å². The number of aryl methyl sites for hydroxylation is 1. The van der Waals surface area contributed by atoms with Crippen molar-refractivity contribution < 1.29 is 13.9 Å². The van der Waals surface area contributed by atoms with E-state index in [1.54, 1.807) is 24.3 Å². The molecule has 0 atom stereocenters. The predicted octanol–water partition coefficient (Wildman–Crippen LogP) is 5.42. The summed E-state index contributed by atoms with van der Waals surface area (Å²) in [6, 6.07) is 21.3. The van der Waals surface area contributed by atoms with E-state index in [1.165, 1.54) is 6.07 Å². The van der Waals surface area contributed by atoms with Gasteiger partial charge in [-0.2, -0.15) is 0 Å². The van der Waals surface area contributed by atoms with Crippen LogP contribution in [0.3, 0.4) is 0 Å². The van der Waals surface area contributed by atoms with Gasteiger partial charge in [-0.3, -0.25) is 9.59 Å². The van der Waals surface area contributed by atoms with Crippen LogP contribution < -0.4 is 15.5 Å². The lowest BCUT2D eigenvalue weighted by Crippen LogP contribution is -2.13. The van der Waals surface area contributed by atoms with Gasteiger partial charge < -0.3 is 14.5 Å². The lowest BCUT2D eigenvalue weighted by atomic mass is 10.1. The second kappa shape index (κ2) is 8.25. The summed E-state index contributed by atoms with van der Waals surface area (Å²) in [6.07, 6.45) is 0. The number of amides is 1. The summed E-state index contributed by atoms with van der Waals surface area (Å²) in [6.45, 7) is 4.29. The number of hydrogen-bond donors (Lipinski definition) is 1. The molecular formula is C25H21NO4. The molecule has 0 bridgehead atoms. The number of anilines is 1. The molecule has 1 heterocycles. The van der Waals surface area contributed by atoms with Crippen LogP contribution in [0.5, 0.6) is 5.75 Å². The Labute approximate surface area is 173 Å². The van der Waals surface area contributed by atoms with Crippen molar-refractivity contribution in [3.05, 3.63) is 94.1 Å². The second-order valence-electron chi connectivity index (χ2n) is 6.88. The van der Waals surface area contributed by atoms with E-state index in [9.17, 15) is 9.59 Å². The molecule has 0 aliphatic carbocycles. The maximum absolute atomic E-state index is 12.7. The number of benzene rings is 3. The Morgan fingerprint density at radius 1 is 1.00 bits per heavy atom. The summed E-state index contributed by atoms with van der Waals surface area (Å²) in [5.41, 5.74) is 2.97. The lowest BCUT2D eigenvalue weighted by Gasteiger charge is -2.11. The van der Waals surface area contributed by atoms with Crippen molar-refractivity contribution in [1.29, 1.82) is 0 Å². The molecule has 0 unspecified atom stereocenters. The average molecular weight is 399 g/mol. The van der Waals surface area contributed by atoms with E-state index in [4.69, 9.17) is 9.15 Å². The fourth-order valence-electron chi connectivity index (χ4n) is 3.34. The topological polar surface area (TPSA) is 68.5 Å². The summed E-state index contributed by atoms with van der Waals surface area (Å²) in [5.74, 6) is 0.845. The molecule has 4 aromatic rings. The molecule has 0 fully saturated rings. The molecule has 1 amide bonds. The van der Waals surface area contributed by atoms with Gasteiger partial charge in [0.05, 0.1) is 17.6 Å². The van der Waals surface area contributed by atoms with Crippen LogP contribution in [0.15, 0.2) is 82.0 Å². The quantitative estimate of drug-likeness (QED) is 0.487. The third-order valence-electron chi connectivity index (χ3n) is 4.83. The number of hydrogen-bond acceptors (Lipinski definition) is 4. The maximum atomic E-state index is 12.7. The highest BCUT2D eigenvalue weighted by molar-refractivity contribution is 6.05. The Bertz CT molecular complexity index is 1290. The van der Waals surface area contributed by atoms with Crippen LogP contribution in [0, 0.1) is 6.92 Å². The summed E-state index contributed by atoms with van der Waals surface area (Å²) in [7, 11) is 0. The smallest absolute Gasteiger partial charge is 0.255 e. The first kappa shape index (κ1) is 19.5. The molecule has 0 radical (unpaired) electrons. The molecular weight excluding hydrogens is 378 g/mol. The van der Waals surface area contributed by atoms with Crippen LogP contribution in [0.1, 0.15) is 22.8 Å². The van der Waals surface area contributed by atoms with Crippen molar-refractivity contribution in [2.24, 2.45) is 0 Å². The second-order valence-corrected chi connectivity index (χ2v) is 6.88. The minimum atomic E-state index is -0.215. The highest BCUT2D eigenvalue weighted by Crippen LogP contribution is 2.31. The Morgan fingerprint density at radius 2 is 1.77 bits per heavy atom. The first-order chi connectivity index (χ1) is 14.6. The Balaban J connectivity index is 1.73. The maximum Gasteiger partial charge on any atom is 0.255 e. The normalized spacial score (nSPS) is 10.7. The van der Waals surface area contributed by atoms with Crippen molar-refractivity contribution in [1.82, 2.24) is 0 Å². The third-order valence-corrected chi connectivity index (χ3v) is 4.83. The van der Waals surface area contributed by atoms with E-state index in [2.05, 4.69) is 5.32 Å². The van der Waals surface area contributed by atoms with Crippen molar-refractivity contribution >= 4 is 22.6 Å². The monoisotopic (exact) mass is 399 g/mol. The van der Waals surface area contributed by atoms with E-state index < -0.39 is 0 Å². The molecule has 0 aliphatic heterocycles. The molecule has 0 saturated heterocycles. The van der Waals surface area contributed by atoms with E-state index in [0.717, 1.165) is 5.56 Å². The predicted molar refractivity (Wildman–Crippen MR) is 118 cm³/mol. The summed E-state index contributed by atoms with van der Waals surface area (Å²) >= 11 is 0. The van der Waals surface area contributed by atoms with Crippen molar-refractivity contribution in [2.45, 2.75) is 13.8 Å². The third kappa shape index (κ3) is 3.82. The van der Waals surface area contributed by atoms with Crippen LogP contribution in [0.25, 0.3) is 22.3 Å². The first-order valence-corrected chi connectivity index (χ1v) is 9.74.